The summed E-state index contributed by atoms with van der Waals surface area (Å²) >= 11 is 0. The molecule has 7 nitrogen and oxygen atoms in total. The maximum absolute atomic E-state index is 12.6. The molecule has 2 aliphatic rings. The number of carbonyl (C=O) groups is 2. The van der Waals surface area contributed by atoms with E-state index in [9.17, 15) is 9.59 Å². The van der Waals surface area contributed by atoms with Crippen LogP contribution in [0.5, 0.6) is 0 Å². The van der Waals surface area contributed by atoms with Crippen LogP contribution in [0.2, 0.25) is 0 Å². The molecule has 3 heterocycles. The number of aryl methyl sites for hydroxylation is 2. The maximum atomic E-state index is 12.6. The zero-order valence-corrected chi connectivity index (χ0v) is 15.5. The molecule has 0 bridgehead atoms. The van der Waals surface area contributed by atoms with Crippen LogP contribution in [0.15, 0.2) is 0 Å². The Morgan fingerprint density at radius 3 is 2.28 bits per heavy atom. The van der Waals surface area contributed by atoms with E-state index in [1.54, 1.807) is 0 Å². The third-order valence-electron chi connectivity index (χ3n) is 5.51. The van der Waals surface area contributed by atoms with Crippen molar-refractivity contribution in [3.05, 3.63) is 17.0 Å². The summed E-state index contributed by atoms with van der Waals surface area (Å²) < 4.78 is 7.13. The molecule has 25 heavy (non-hydrogen) atoms. The lowest BCUT2D eigenvalue weighted by molar-refractivity contribution is -0.143. The molecule has 138 valence electrons. The fourth-order valence-electron chi connectivity index (χ4n) is 3.75. The fourth-order valence-corrected chi connectivity index (χ4v) is 3.75. The molecule has 7 heteroatoms. The number of nitrogens with zero attached hydrogens (tertiary/aromatic N) is 4. The first-order chi connectivity index (χ1) is 12.0. The molecule has 1 aromatic rings. The van der Waals surface area contributed by atoms with Gasteiger partial charge in [-0.3, -0.25) is 14.3 Å². The minimum atomic E-state index is 0.0454. The molecule has 0 radical (unpaired) electrons. The smallest absolute Gasteiger partial charge is 0.227 e. The van der Waals surface area contributed by atoms with E-state index in [0.29, 0.717) is 45.8 Å². The number of piperidine rings is 1. The van der Waals surface area contributed by atoms with Gasteiger partial charge in [0.1, 0.15) is 0 Å². The van der Waals surface area contributed by atoms with Gasteiger partial charge in [0.05, 0.1) is 25.3 Å². The number of carbonyl (C=O) groups excluding carboxylic acids is 2. The lowest BCUT2D eigenvalue weighted by Gasteiger charge is -2.35. The van der Waals surface area contributed by atoms with Crippen LogP contribution in [0.1, 0.15) is 29.8 Å². The van der Waals surface area contributed by atoms with Gasteiger partial charge in [-0.2, -0.15) is 5.10 Å². The number of rotatable bonds is 3. The van der Waals surface area contributed by atoms with E-state index < -0.39 is 0 Å². The molecule has 0 atom stereocenters. The molecule has 0 aromatic carbocycles. The molecule has 2 fully saturated rings. The van der Waals surface area contributed by atoms with Crippen molar-refractivity contribution in [2.45, 2.75) is 33.1 Å². The topological polar surface area (TPSA) is 67.7 Å². The van der Waals surface area contributed by atoms with Crippen molar-refractivity contribution in [1.29, 1.82) is 0 Å². The first-order valence-corrected chi connectivity index (χ1v) is 9.10. The zero-order chi connectivity index (χ0) is 18.0. The molecule has 2 aliphatic heterocycles. The Morgan fingerprint density at radius 1 is 1.08 bits per heavy atom. The van der Waals surface area contributed by atoms with Gasteiger partial charge in [-0.15, -0.1) is 0 Å². The minimum Gasteiger partial charge on any atom is -0.378 e. The van der Waals surface area contributed by atoms with Crippen molar-refractivity contribution in [2.24, 2.45) is 13.0 Å². The van der Waals surface area contributed by atoms with Crippen molar-refractivity contribution in [1.82, 2.24) is 19.6 Å². The van der Waals surface area contributed by atoms with Crippen LogP contribution in [0.3, 0.4) is 0 Å². The molecule has 0 unspecified atom stereocenters. The fraction of sp³-hybridized carbons (Fsp3) is 0.722. The largest absolute Gasteiger partial charge is 0.378 e. The number of ether oxygens (including phenoxy) is 1. The third-order valence-corrected chi connectivity index (χ3v) is 5.51. The first kappa shape index (κ1) is 17.9. The number of likely N-dealkylation sites (tertiary alicyclic amines) is 1. The SMILES string of the molecule is Cc1nn(C)c(C)c1CC(=O)N1CCC(C(=O)N2CCOCC2)CC1. The summed E-state index contributed by atoms with van der Waals surface area (Å²) in [5, 5.41) is 4.38. The summed E-state index contributed by atoms with van der Waals surface area (Å²) in [7, 11) is 1.90. The number of morpholine rings is 1. The van der Waals surface area contributed by atoms with Gasteiger partial charge in [0.15, 0.2) is 0 Å². The lowest BCUT2D eigenvalue weighted by atomic mass is 9.94. The Kier molecular flexibility index (Phi) is 5.42. The highest BCUT2D eigenvalue weighted by Gasteiger charge is 2.31. The van der Waals surface area contributed by atoms with E-state index in [0.717, 1.165) is 29.8 Å². The Balaban J connectivity index is 1.53. The van der Waals surface area contributed by atoms with Crippen molar-refractivity contribution < 1.29 is 14.3 Å². The second-order valence-corrected chi connectivity index (χ2v) is 7.04. The van der Waals surface area contributed by atoms with Gasteiger partial charge in [0, 0.05) is 50.4 Å². The number of hydrogen-bond acceptors (Lipinski definition) is 4. The van der Waals surface area contributed by atoms with Gasteiger partial charge in [0.25, 0.3) is 0 Å². The highest BCUT2D eigenvalue weighted by Crippen LogP contribution is 2.22. The van der Waals surface area contributed by atoms with Crippen molar-refractivity contribution in [3.8, 4) is 0 Å². The quantitative estimate of drug-likeness (QED) is 0.805. The molecule has 1 aromatic heterocycles. The standard InChI is InChI=1S/C18H28N4O3/c1-13-16(14(2)20(3)19-13)12-17(23)21-6-4-15(5-7-21)18(24)22-8-10-25-11-9-22/h15H,4-12H2,1-3H3. The average molecular weight is 348 g/mol. The van der Waals surface area contributed by atoms with Crippen molar-refractivity contribution in [3.63, 3.8) is 0 Å². The van der Waals surface area contributed by atoms with Crippen LogP contribution < -0.4 is 0 Å². The zero-order valence-electron chi connectivity index (χ0n) is 15.5. The van der Waals surface area contributed by atoms with Gasteiger partial charge in [-0.05, 0) is 26.7 Å². The van der Waals surface area contributed by atoms with Crippen molar-refractivity contribution >= 4 is 11.8 Å². The molecular formula is C18H28N4O3. The maximum Gasteiger partial charge on any atom is 0.227 e. The van der Waals surface area contributed by atoms with Gasteiger partial charge in [0.2, 0.25) is 11.8 Å². The number of hydrogen-bond donors (Lipinski definition) is 0. The first-order valence-electron chi connectivity index (χ1n) is 9.10. The summed E-state index contributed by atoms with van der Waals surface area (Å²) in [5.41, 5.74) is 2.99. The number of amides is 2. The van der Waals surface area contributed by atoms with Crippen LogP contribution in [0, 0.1) is 19.8 Å². The monoisotopic (exact) mass is 348 g/mol. The summed E-state index contributed by atoms with van der Waals surface area (Å²) in [4.78, 5) is 29.0. The highest BCUT2D eigenvalue weighted by molar-refractivity contribution is 5.81. The summed E-state index contributed by atoms with van der Waals surface area (Å²) in [6.45, 7) is 7.92. The Labute approximate surface area is 148 Å². The minimum absolute atomic E-state index is 0.0454. The Hall–Kier alpha value is -1.89. The van der Waals surface area contributed by atoms with E-state index in [2.05, 4.69) is 5.10 Å². The van der Waals surface area contributed by atoms with Gasteiger partial charge < -0.3 is 14.5 Å². The van der Waals surface area contributed by atoms with E-state index in [-0.39, 0.29) is 17.7 Å². The van der Waals surface area contributed by atoms with E-state index >= 15 is 0 Å². The van der Waals surface area contributed by atoms with Crippen molar-refractivity contribution in [2.75, 3.05) is 39.4 Å². The molecule has 3 rings (SSSR count). The Morgan fingerprint density at radius 2 is 1.72 bits per heavy atom. The van der Waals surface area contributed by atoms with Gasteiger partial charge in [-0.1, -0.05) is 0 Å². The summed E-state index contributed by atoms with van der Waals surface area (Å²) in [6, 6.07) is 0. The van der Waals surface area contributed by atoms with Crippen LogP contribution in [-0.4, -0.2) is 70.8 Å². The third kappa shape index (κ3) is 3.86. The molecule has 2 amide bonds. The molecule has 0 aliphatic carbocycles. The second-order valence-electron chi connectivity index (χ2n) is 7.04. The molecule has 0 saturated carbocycles. The van der Waals surface area contributed by atoms with Gasteiger partial charge in [-0.25, -0.2) is 0 Å². The second kappa shape index (κ2) is 7.56. The molecule has 0 spiro atoms. The van der Waals surface area contributed by atoms with Crippen LogP contribution in [-0.2, 0) is 27.8 Å². The predicted molar refractivity (Wildman–Crippen MR) is 93.1 cm³/mol. The van der Waals surface area contributed by atoms with E-state index in [4.69, 9.17) is 4.74 Å². The predicted octanol–water partition coefficient (Wildman–Crippen LogP) is 0.677. The lowest BCUT2D eigenvalue weighted by Crippen LogP contribution is -2.47. The van der Waals surface area contributed by atoms with E-state index in [1.165, 1.54) is 0 Å². The van der Waals surface area contributed by atoms with Crippen LogP contribution in [0.4, 0.5) is 0 Å². The highest BCUT2D eigenvalue weighted by atomic mass is 16.5. The van der Waals surface area contributed by atoms with Crippen LogP contribution >= 0.6 is 0 Å². The molecule has 2 saturated heterocycles. The normalized spacial score (nSPS) is 19.3. The van der Waals surface area contributed by atoms with Crippen LogP contribution in [0.25, 0.3) is 0 Å². The molecule has 0 N–H and O–H groups in total. The van der Waals surface area contributed by atoms with E-state index in [1.807, 2.05) is 35.4 Å². The number of aromatic nitrogens is 2. The Bertz CT molecular complexity index is 641. The summed E-state index contributed by atoms with van der Waals surface area (Å²) in [6.07, 6.45) is 1.91. The average Bonchev–Trinajstić information content (AvgIpc) is 2.88. The molecular weight excluding hydrogens is 320 g/mol. The summed E-state index contributed by atoms with van der Waals surface area (Å²) in [5.74, 6) is 0.412. The van der Waals surface area contributed by atoms with Gasteiger partial charge >= 0.3 is 0 Å².